The van der Waals surface area contributed by atoms with Gasteiger partial charge in [-0.2, -0.15) is 0 Å². The van der Waals surface area contributed by atoms with E-state index in [1.807, 2.05) is 12.1 Å². The van der Waals surface area contributed by atoms with Crippen molar-refractivity contribution in [3.05, 3.63) is 45.5 Å². The molecule has 1 heterocycles. The van der Waals surface area contributed by atoms with Crippen molar-refractivity contribution >= 4 is 29.2 Å². The summed E-state index contributed by atoms with van der Waals surface area (Å²) >= 11 is 11.8. The molecule has 3 nitrogen and oxygen atoms in total. The molecule has 0 unspecified atom stereocenters. The zero-order valence-electron chi connectivity index (χ0n) is 9.70. The van der Waals surface area contributed by atoms with Crippen molar-refractivity contribution < 1.29 is 9.90 Å². The largest absolute Gasteiger partial charge is 0.478 e. The zero-order chi connectivity index (χ0) is 13.1. The maximum absolute atomic E-state index is 10.9. The van der Waals surface area contributed by atoms with E-state index in [-0.39, 0.29) is 0 Å². The summed E-state index contributed by atoms with van der Waals surface area (Å²) in [6, 6.07) is 5.49. The van der Waals surface area contributed by atoms with Gasteiger partial charge in [0.15, 0.2) is 0 Å². The van der Waals surface area contributed by atoms with E-state index in [1.54, 1.807) is 12.1 Å². The SMILES string of the molecule is O=C(O)C1=CCCN(Cc2ccc(Cl)c(Cl)c2)C1. The van der Waals surface area contributed by atoms with Crippen molar-refractivity contribution in [3.63, 3.8) is 0 Å². The van der Waals surface area contributed by atoms with Crippen LogP contribution in [-0.2, 0) is 11.3 Å². The Morgan fingerprint density at radius 2 is 2.11 bits per heavy atom. The molecule has 0 spiro atoms. The van der Waals surface area contributed by atoms with E-state index in [2.05, 4.69) is 4.90 Å². The van der Waals surface area contributed by atoms with Crippen molar-refractivity contribution in [1.82, 2.24) is 4.90 Å². The molecule has 0 fully saturated rings. The molecule has 1 N–H and O–H groups in total. The van der Waals surface area contributed by atoms with Crippen molar-refractivity contribution in [3.8, 4) is 0 Å². The lowest BCUT2D eigenvalue weighted by Gasteiger charge is -2.25. The quantitative estimate of drug-likeness (QED) is 0.927. The molecule has 0 amide bonds. The fraction of sp³-hybridized carbons (Fsp3) is 0.308. The number of rotatable bonds is 3. The number of halogens is 2. The third kappa shape index (κ3) is 3.25. The number of aliphatic carboxylic acids is 1. The van der Waals surface area contributed by atoms with Gasteiger partial charge in [0.05, 0.1) is 10.0 Å². The second-order valence-electron chi connectivity index (χ2n) is 4.28. The number of carboxylic acids is 1. The summed E-state index contributed by atoms with van der Waals surface area (Å²) in [5.74, 6) is -0.839. The van der Waals surface area contributed by atoms with Gasteiger partial charge in [0.1, 0.15) is 0 Å². The first kappa shape index (κ1) is 13.4. The minimum Gasteiger partial charge on any atom is -0.478 e. The second-order valence-corrected chi connectivity index (χ2v) is 5.10. The van der Waals surface area contributed by atoms with Crippen LogP contribution < -0.4 is 0 Å². The van der Waals surface area contributed by atoms with Gasteiger partial charge >= 0.3 is 5.97 Å². The average Bonchev–Trinajstić information content (AvgIpc) is 2.34. The van der Waals surface area contributed by atoms with Gasteiger partial charge in [-0.1, -0.05) is 35.3 Å². The van der Waals surface area contributed by atoms with E-state index < -0.39 is 5.97 Å². The molecule has 5 heteroatoms. The molecule has 0 bridgehead atoms. The summed E-state index contributed by atoms with van der Waals surface area (Å²) in [5, 5.41) is 10.0. The molecule has 1 aliphatic heterocycles. The van der Waals surface area contributed by atoms with Crippen LogP contribution in [0.25, 0.3) is 0 Å². The number of benzene rings is 1. The van der Waals surface area contributed by atoms with Crippen LogP contribution in [0.3, 0.4) is 0 Å². The zero-order valence-corrected chi connectivity index (χ0v) is 11.2. The van der Waals surface area contributed by atoms with Crippen molar-refractivity contribution in [2.45, 2.75) is 13.0 Å². The molecule has 18 heavy (non-hydrogen) atoms. The van der Waals surface area contributed by atoms with Gasteiger partial charge in [0.2, 0.25) is 0 Å². The molecule has 0 aliphatic carbocycles. The molecular formula is C13H13Cl2NO2. The maximum Gasteiger partial charge on any atom is 0.332 e. The van der Waals surface area contributed by atoms with E-state index >= 15 is 0 Å². The van der Waals surface area contributed by atoms with Crippen LogP contribution in [-0.4, -0.2) is 29.1 Å². The van der Waals surface area contributed by atoms with Crippen molar-refractivity contribution in [2.24, 2.45) is 0 Å². The predicted octanol–water partition coefficient (Wildman–Crippen LogP) is 3.21. The highest BCUT2D eigenvalue weighted by Crippen LogP contribution is 2.24. The minimum atomic E-state index is -0.839. The van der Waals surface area contributed by atoms with Crippen LogP contribution in [0.2, 0.25) is 10.0 Å². The summed E-state index contributed by atoms with van der Waals surface area (Å²) in [6.07, 6.45) is 2.55. The maximum atomic E-state index is 10.9. The first-order valence-electron chi connectivity index (χ1n) is 5.65. The van der Waals surface area contributed by atoms with Gasteiger partial charge < -0.3 is 5.11 Å². The van der Waals surface area contributed by atoms with Gasteiger partial charge in [0, 0.05) is 25.2 Å². The molecule has 1 aromatic rings. The van der Waals surface area contributed by atoms with Gasteiger partial charge in [-0.25, -0.2) is 4.79 Å². The Morgan fingerprint density at radius 1 is 1.33 bits per heavy atom. The third-order valence-corrected chi connectivity index (χ3v) is 3.63. The molecule has 0 atom stereocenters. The highest BCUT2D eigenvalue weighted by molar-refractivity contribution is 6.42. The van der Waals surface area contributed by atoms with Crippen LogP contribution in [0.4, 0.5) is 0 Å². The van der Waals surface area contributed by atoms with Crippen LogP contribution in [0.1, 0.15) is 12.0 Å². The number of hydrogen-bond acceptors (Lipinski definition) is 2. The van der Waals surface area contributed by atoms with Gasteiger partial charge in [-0.15, -0.1) is 0 Å². The first-order valence-corrected chi connectivity index (χ1v) is 6.40. The highest BCUT2D eigenvalue weighted by Gasteiger charge is 2.17. The van der Waals surface area contributed by atoms with Gasteiger partial charge in [-0.3, -0.25) is 4.90 Å². The van der Waals surface area contributed by atoms with Crippen LogP contribution in [0, 0.1) is 0 Å². The Bertz CT molecular complexity index is 500. The van der Waals surface area contributed by atoms with Gasteiger partial charge in [-0.05, 0) is 24.1 Å². The molecule has 2 rings (SSSR count). The number of nitrogens with zero attached hydrogens (tertiary/aromatic N) is 1. The van der Waals surface area contributed by atoms with E-state index in [0.717, 1.165) is 18.5 Å². The molecule has 1 aromatic carbocycles. The smallest absolute Gasteiger partial charge is 0.332 e. The van der Waals surface area contributed by atoms with Gasteiger partial charge in [0.25, 0.3) is 0 Å². The molecule has 0 radical (unpaired) electrons. The monoisotopic (exact) mass is 285 g/mol. The lowest BCUT2D eigenvalue weighted by molar-refractivity contribution is -0.133. The second kappa shape index (κ2) is 5.74. The lowest BCUT2D eigenvalue weighted by Crippen LogP contribution is -2.31. The van der Waals surface area contributed by atoms with E-state index in [1.165, 1.54) is 0 Å². The Morgan fingerprint density at radius 3 is 2.78 bits per heavy atom. The molecule has 96 valence electrons. The minimum absolute atomic E-state index is 0.460. The number of hydrogen-bond donors (Lipinski definition) is 1. The van der Waals surface area contributed by atoms with Crippen LogP contribution >= 0.6 is 23.2 Å². The fourth-order valence-electron chi connectivity index (χ4n) is 1.99. The van der Waals surface area contributed by atoms with Crippen LogP contribution in [0.5, 0.6) is 0 Å². The Labute approximate surface area is 116 Å². The standard InChI is InChI=1S/C13H13Cl2NO2/c14-11-4-3-9(6-12(11)15)7-16-5-1-2-10(8-16)13(17)18/h2-4,6H,1,5,7-8H2,(H,17,18). The van der Waals surface area contributed by atoms with E-state index in [0.29, 0.717) is 28.7 Å². The summed E-state index contributed by atoms with van der Waals surface area (Å²) in [6.45, 7) is 2.01. The summed E-state index contributed by atoms with van der Waals surface area (Å²) in [5.41, 5.74) is 1.50. The Kier molecular flexibility index (Phi) is 4.27. The Hall–Kier alpha value is -1.03. The highest BCUT2D eigenvalue weighted by atomic mass is 35.5. The topological polar surface area (TPSA) is 40.5 Å². The van der Waals surface area contributed by atoms with Crippen molar-refractivity contribution in [1.29, 1.82) is 0 Å². The van der Waals surface area contributed by atoms with Crippen molar-refractivity contribution in [2.75, 3.05) is 13.1 Å². The molecule has 1 aliphatic rings. The normalized spacial score (nSPS) is 16.4. The summed E-state index contributed by atoms with van der Waals surface area (Å²) in [7, 11) is 0. The Balaban J connectivity index is 2.04. The first-order chi connectivity index (χ1) is 8.56. The predicted molar refractivity (Wildman–Crippen MR) is 72.1 cm³/mol. The van der Waals surface area contributed by atoms with Crippen LogP contribution in [0.15, 0.2) is 29.8 Å². The lowest BCUT2D eigenvalue weighted by atomic mass is 10.1. The molecule has 0 aromatic heterocycles. The third-order valence-electron chi connectivity index (χ3n) is 2.89. The van der Waals surface area contributed by atoms with E-state index in [9.17, 15) is 4.79 Å². The number of carbonyl (C=O) groups is 1. The summed E-state index contributed by atoms with van der Waals surface area (Å²) in [4.78, 5) is 13.0. The molecule has 0 saturated carbocycles. The summed E-state index contributed by atoms with van der Waals surface area (Å²) < 4.78 is 0. The average molecular weight is 286 g/mol. The molecule has 0 saturated heterocycles. The number of carboxylic acid groups (broad SMARTS) is 1. The fourth-order valence-corrected chi connectivity index (χ4v) is 2.31. The van der Waals surface area contributed by atoms with E-state index in [4.69, 9.17) is 28.3 Å². The molecular weight excluding hydrogens is 273 g/mol.